The van der Waals surface area contributed by atoms with Crippen molar-refractivity contribution in [3.8, 4) is 0 Å². The Hall–Kier alpha value is 0.920. The van der Waals surface area contributed by atoms with Gasteiger partial charge in [-0.15, -0.1) is 0 Å². The Balaban J connectivity index is 4.42. The molecule has 0 aliphatic rings. The predicted octanol–water partition coefficient (Wildman–Crippen LogP) is 6.89. The highest BCUT2D eigenvalue weighted by Crippen LogP contribution is 2.59. The first kappa shape index (κ1) is 21.9. The minimum absolute atomic E-state index is 0.258. The fourth-order valence-electron chi connectivity index (χ4n) is 2.34. The van der Waals surface area contributed by atoms with Crippen LogP contribution < -0.4 is 0 Å². The molecule has 5 heteroatoms. The molecule has 0 spiro atoms. The van der Waals surface area contributed by atoms with E-state index in [9.17, 15) is 0 Å². The Bertz CT molecular complexity index is 302. The number of rotatable bonds is 12. The summed E-state index contributed by atoms with van der Waals surface area (Å²) in [7, 11) is 0. The lowest BCUT2D eigenvalue weighted by atomic mass is 10.0. The van der Waals surface area contributed by atoms with Gasteiger partial charge in [0.1, 0.15) is 0 Å². The molecule has 2 nitrogen and oxygen atoms in total. The van der Waals surface area contributed by atoms with Crippen LogP contribution in [0.4, 0.5) is 0 Å². The highest BCUT2D eigenvalue weighted by molar-refractivity contribution is 8.60. The van der Waals surface area contributed by atoms with Gasteiger partial charge in [-0.25, -0.2) is 0 Å². The Morgan fingerprint density at radius 2 is 1.14 bits per heavy atom. The topological polar surface area (TPSA) is 18.5 Å². The Labute approximate surface area is 143 Å². The molecule has 0 fully saturated rings. The van der Waals surface area contributed by atoms with E-state index in [4.69, 9.17) is 20.9 Å². The Kier molecular flexibility index (Phi) is 10.4. The standard InChI is InChI=1S/C16H35O2PS2/c1-7-9-11-13-15(3,4)17-19(20,21)18-16(5,6)14-12-10-8-2/h7-14H2,1-6H3,(H,20,21). The van der Waals surface area contributed by atoms with Crippen LogP contribution in [-0.2, 0) is 20.9 Å². The van der Waals surface area contributed by atoms with E-state index in [1.165, 1.54) is 25.7 Å². The molecule has 0 bridgehead atoms. The van der Waals surface area contributed by atoms with Crippen LogP contribution in [0.2, 0.25) is 0 Å². The van der Waals surface area contributed by atoms with E-state index in [0.717, 1.165) is 25.7 Å². The van der Waals surface area contributed by atoms with Crippen LogP contribution in [0.5, 0.6) is 0 Å². The zero-order chi connectivity index (χ0) is 16.6. The number of thiol groups is 1. The summed E-state index contributed by atoms with van der Waals surface area (Å²) < 4.78 is 12.2. The van der Waals surface area contributed by atoms with Crippen molar-refractivity contribution in [3.63, 3.8) is 0 Å². The fourth-order valence-corrected chi connectivity index (χ4v) is 6.34. The van der Waals surface area contributed by atoms with Crippen molar-refractivity contribution in [1.29, 1.82) is 0 Å². The van der Waals surface area contributed by atoms with Crippen LogP contribution >= 0.6 is 17.9 Å². The fraction of sp³-hybridized carbons (Fsp3) is 1.00. The second-order valence-electron chi connectivity index (χ2n) is 7.08. The van der Waals surface area contributed by atoms with E-state index < -0.39 is 5.69 Å². The van der Waals surface area contributed by atoms with Gasteiger partial charge in [0.05, 0.1) is 11.2 Å². The van der Waals surface area contributed by atoms with Gasteiger partial charge in [0.15, 0.2) is 0 Å². The van der Waals surface area contributed by atoms with Gasteiger partial charge in [-0.05, 0) is 52.3 Å². The third-order valence-electron chi connectivity index (χ3n) is 3.49. The molecule has 0 aliphatic heterocycles. The summed E-state index contributed by atoms with van der Waals surface area (Å²) in [5.41, 5.74) is -3.02. The van der Waals surface area contributed by atoms with Crippen LogP contribution in [0, 0.1) is 0 Å². The molecule has 0 aromatic rings. The van der Waals surface area contributed by atoms with Crippen molar-refractivity contribution < 1.29 is 9.05 Å². The quantitative estimate of drug-likeness (QED) is 0.234. The molecule has 128 valence electrons. The zero-order valence-corrected chi connectivity index (χ0v) is 17.4. The minimum Gasteiger partial charge on any atom is -0.316 e. The summed E-state index contributed by atoms with van der Waals surface area (Å²) in [5.74, 6) is 0. The molecule has 0 aliphatic carbocycles. The van der Waals surface area contributed by atoms with Crippen molar-refractivity contribution in [2.45, 2.75) is 104 Å². The molecule has 0 saturated heterocycles. The van der Waals surface area contributed by atoms with Crippen LogP contribution in [0.3, 0.4) is 0 Å². The highest BCUT2D eigenvalue weighted by atomic mass is 32.9. The smallest absolute Gasteiger partial charge is 0.245 e. The van der Waals surface area contributed by atoms with Gasteiger partial charge in [0, 0.05) is 0 Å². The molecule has 0 heterocycles. The van der Waals surface area contributed by atoms with Gasteiger partial charge in [0.25, 0.3) is 0 Å². The van der Waals surface area contributed by atoms with E-state index in [-0.39, 0.29) is 11.2 Å². The lowest BCUT2D eigenvalue weighted by Crippen LogP contribution is -2.27. The summed E-state index contributed by atoms with van der Waals surface area (Å²) in [6.45, 7) is 12.8. The maximum Gasteiger partial charge on any atom is 0.245 e. The first-order chi connectivity index (χ1) is 9.54. The molecule has 0 atom stereocenters. The molecular formula is C16H35O2PS2. The van der Waals surface area contributed by atoms with E-state index in [2.05, 4.69) is 53.8 Å². The molecule has 0 radical (unpaired) electrons. The summed E-state index contributed by atoms with van der Waals surface area (Å²) in [5, 5.41) is 0. The van der Waals surface area contributed by atoms with Crippen molar-refractivity contribution in [3.05, 3.63) is 0 Å². The molecule has 0 rings (SSSR count). The van der Waals surface area contributed by atoms with Crippen molar-refractivity contribution in [2.75, 3.05) is 0 Å². The van der Waals surface area contributed by atoms with Crippen molar-refractivity contribution >= 4 is 29.7 Å². The van der Waals surface area contributed by atoms with E-state index in [0.29, 0.717) is 0 Å². The monoisotopic (exact) mass is 354 g/mol. The Morgan fingerprint density at radius 3 is 1.43 bits per heavy atom. The van der Waals surface area contributed by atoms with Gasteiger partial charge in [-0.1, -0.05) is 64.6 Å². The minimum atomic E-state index is -2.51. The second-order valence-corrected chi connectivity index (χ2v) is 12.2. The third-order valence-corrected chi connectivity index (χ3v) is 5.88. The number of unbranched alkanes of at least 4 members (excludes halogenated alkanes) is 4. The maximum atomic E-state index is 6.08. The number of hydrogen-bond acceptors (Lipinski definition) is 3. The summed E-state index contributed by atoms with van der Waals surface area (Å²) in [4.78, 5) is 0. The summed E-state index contributed by atoms with van der Waals surface area (Å²) >= 11 is 10.1. The van der Waals surface area contributed by atoms with Crippen molar-refractivity contribution in [2.24, 2.45) is 0 Å². The van der Waals surface area contributed by atoms with E-state index >= 15 is 0 Å². The van der Waals surface area contributed by atoms with Gasteiger partial charge in [0.2, 0.25) is 5.69 Å². The lowest BCUT2D eigenvalue weighted by Gasteiger charge is -2.35. The Morgan fingerprint density at radius 1 is 0.810 bits per heavy atom. The van der Waals surface area contributed by atoms with Crippen LogP contribution in [0.1, 0.15) is 92.9 Å². The third kappa shape index (κ3) is 12.1. The molecule has 0 aromatic heterocycles. The molecule has 0 saturated carbocycles. The van der Waals surface area contributed by atoms with E-state index in [1.54, 1.807) is 0 Å². The van der Waals surface area contributed by atoms with Gasteiger partial charge in [-0.3, -0.25) is 0 Å². The SMILES string of the molecule is CCCCCC(C)(C)OP(=S)(S)OC(C)(C)CCCCC. The molecule has 0 N–H and O–H groups in total. The second kappa shape index (κ2) is 9.93. The first-order valence-electron chi connectivity index (χ1n) is 8.28. The van der Waals surface area contributed by atoms with Crippen LogP contribution in [0.15, 0.2) is 0 Å². The normalized spacial score (nSPS) is 13.7. The predicted molar refractivity (Wildman–Crippen MR) is 102 cm³/mol. The molecule has 21 heavy (non-hydrogen) atoms. The molecular weight excluding hydrogens is 319 g/mol. The largest absolute Gasteiger partial charge is 0.316 e. The average Bonchev–Trinajstić information content (AvgIpc) is 2.25. The van der Waals surface area contributed by atoms with Crippen LogP contribution in [-0.4, -0.2) is 11.2 Å². The zero-order valence-electron chi connectivity index (χ0n) is 14.8. The van der Waals surface area contributed by atoms with Gasteiger partial charge < -0.3 is 9.05 Å². The summed E-state index contributed by atoms with van der Waals surface area (Å²) in [6, 6.07) is 0. The first-order valence-corrected chi connectivity index (χ1v) is 12.1. The molecule has 0 unspecified atom stereocenters. The maximum absolute atomic E-state index is 6.08. The summed E-state index contributed by atoms with van der Waals surface area (Å²) in [6.07, 6.45) is 9.20. The molecule has 0 aromatic carbocycles. The lowest BCUT2D eigenvalue weighted by molar-refractivity contribution is 0.0490. The molecule has 0 amide bonds. The van der Waals surface area contributed by atoms with Gasteiger partial charge >= 0.3 is 0 Å². The average molecular weight is 355 g/mol. The highest BCUT2D eigenvalue weighted by Gasteiger charge is 2.32. The van der Waals surface area contributed by atoms with Gasteiger partial charge in [-0.2, -0.15) is 0 Å². The van der Waals surface area contributed by atoms with Crippen LogP contribution in [0.25, 0.3) is 0 Å². The van der Waals surface area contributed by atoms with Crippen molar-refractivity contribution in [1.82, 2.24) is 0 Å². The van der Waals surface area contributed by atoms with E-state index in [1.807, 2.05) is 0 Å². The number of hydrogen-bond donors (Lipinski definition) is 1.